The molecule has 6 nitrogen and oxygen atoms in total. The van der Waals surface area contributed by atoms with E-state index in [-0.39, 0.29) is 5.91 Å². The molecule has 28 heavy (non-hydrogen) atoms. The third kappa shape index (κ3) is 4.51. The Labute approximate surface area is 165 Å². The molecular weight excluding hydrogens is 354 g/mol. The van der Waals surface area contributed by atoms with Gasteiger partial charge in [-0.05, 0) is 30.5 Å². The molecule has 2 aromatic rings. The SMILES string of the molecule is O=C(c1ccc(NCCCc2ccccc2)cn1)N1CCC2(CC1)OCCO2. The second-order valence-electron chi connectivity index (χ2n) is 7.35. The summed E-state index contributed by atoms with van der Waals surface area (Å²) in [6.45, 7) is 3.45. The molecule has 0 bridgehead atoms. The van der Waals surface area contributed by atoms with Gasteiger partial charge in [-0.1, -0.05) is 30.3 Å². The van der Waals surface area contributed by atoms with Crippen LogP contribution >= 0.6 is 0 Å². The first kappa shape index (κ1) is 18.9. The number of rotatable bonds is 6. The highest BCUT2D eigenvalue weighted by Gasteiger charge is 2.40. The number of pyridine rings is 1. The molecule has 2 saturated heterocycles. The molecule has 1 aromatic heterocycles. The summed E-state index contributed by atoms with van der Waals surface area (Å²) in [6.07, 6.45) is 5.27. The molecule has 0 atom stereocenters. The number of carbonyl (C=O) groups excluding carboxylic acids is 1. The van der Waals surface area contributed by atoms with Crippen LogP contribution in [0.4, 0.5) is 5.69 Å². The van der Waals surface area contributed by atoms with Crippen LogP contribution in [-0.4, -0.2) is 54.4 Å². The largest absolute Gasteiger partial charge is 0.384 e. The first-order valence-electron chi connectivity index (χ1n) is 10.1. The molecule has 0 saturated carbocycles. The summed E-state index contributed by atoms with van der Waals surface area (Å²) in [6, 6.07) is 14.2. The molecule has 2 aliphatic rings. The van der Waals surface area contributed by atoms with E-state index >= 15 is 0 Å². The van der Waals surface area contributed by atoms with E-state index in [4.69, 9.17) is 9.47 Å². The minimum Gasteiger partial charge on any atom is -0.384 e. The van der Waals surface area contributed by atoms with E-state index in [2.05, 4.69) is 34.6 Å². The first-order valence-corrected chi connectivity index (χ1v) is 10.1. The first-order chi connectivity index (χ1) is 13.7. The van der Waals surface area contributed by atoms with Crippen LogP contribution in [0.5, 0.6) is 0 Å². The Balaban J connectivity index is 1.23. The molecule has 4 rings (SSSR count). The maximum atomic E-state index is 12.7. The van der Waals surface area contributed by atoms with Crippen LogP contribution in [-0.2, 0) is 15.9 Å². The number of aryl methyl sites for hydroxylation is 1. The second kappa shape index (κ2) is 8.71. The standard InChI is InChI=1S/C22H27N3O3/c26-21(25-13-10-22(11-14-25)27-15-16-28-22)20-9-8-19(17-24-20)23-12-4-7-18-5-2-1-3-6-18/h1-3,5-6,8-9,17,23H,4,7,10-16H2. The van der Waals surface area contributed by atoms with Crippen molar-refractivity contribution < 1.29 is 14.3 Å². The molecule has 1 N–H and O–H groups in total. The highest BCUT2D eigenvalue weighted by atomic mass is 16.7. The second-order valence-corrected chi connectivity index (χ2v) is 7.35. The Morgan fingerprint density at radius 3 is 2.50 bits per heavy atom. The van der Waals surface area contributed by atoms with Crippen molar-refractivity contribution in [2.45, 2.75) is 31.5 Å². The summed E-state index contributed by atoms with van der Waals surface area (Å²) in [5.41, 5.74) is 2.77. The predicted molar refractivity (Wildman–Crippen MR) is 107 cm³/mol. The number of ether oxygens (including phenoxy) is 2. The topological polar surface area (TPSA) is 63.7 Å². The lowest BCUT2D eigenvalue weighted by Gasteiger charge is -2.37. The summed E-state index contributed by atoms with van der Waals surface area (Å²) >= 11 is 0. The van der Waals surface area contributed by atoms with Crippen molar-refractivity contribution in [3.63, 3.8) is 0 Å². The van der Waals surface area contributed by atoms with E-state index in [0.29, 0.717) is 32.0 Å². The van der Waals surface area contributed by atoms with Gasteiger partial charge in [-0.2, -0.15) is 0 Å². The molecule has 148 valence electrons. The lowest BCUT2D eigenvalue weighted by molar-refractivity contribution is -0.181. The van der Waals surface area contributed by atoms with E-state index in [9.17, 15) is 4.79 Å². The molecule has 1 spiro atoms. The van der Waals surface area contributed by atoms with Crippen LogP contribution in [0.2, 0.25) is 0 Å². The van der Waals surface area contributed by atoms with Gasteiger partial charge in [-0.15, -0.1) is 0 Å². The molecule has 0 aliphatic carbocycles. The van der Waals surface area contributed by atoms with Crippen molar-refractivity contribution in [3.8, 4) is 0 Å². The maximum Gasteiger partial charge on any atom is 0.272 e. The van der Waals surface area contributed by atoms with Gasteiger partial charge in [-0.25, -0.2) is 4.98 Å². The quantitative estimate of drug-likeness (QED) is 0.779. The van der Waals surface area contributed by atoms with Crippen molar-refractivity contribution in [2.24, 2.45) is 0 Å². The summed E-state index contributed by atoms with van der Waals surface area (Å²) in [4.78, 5) is 18.9. The smallest absolute Gasteiger partial charge is 0.272 e. The van der Waals surface area contributed by atoms with Gasteiger partial charge in [0.2, 0.25) is 0 Å². The maximum absolute atomic E-state index is 12.7. The Hall–Kier alpha value is -2.44. The minimum absolute atomic E-state index is 0.0246. The van der Waals surface area contributed by atoms with Crippen molar-refractivity contribution >= 4 is 11.6 Å². The molecule has 0 unspecified atom stereocenters. The molecule has 0 radical (unpaired) electrons. The van der Waals surface area contributed by atoms with Crippen LogP contribution in [0.1, 0.15) is 35.3 Å². The third-order valence-electron chi connectivity index (χ3n) is 5.42. The molecule has 6 heteroatoms. The van der Waals surface area contributed by atoms with Gasteiger partial charge in [0, 0.05) is 32.5 Å². The van der Waals surface area contributed by atoms with Gasteiger partial charge in [0.05, 0.1) is 25.1 Å². The summed E-state index contributed by atoms with van der Waals surface area (Å²) in [5.74, 6) is -0.485. The van der Waals surface area contributed by atoms with Gasteiger partial charge >= 0.3 is 0 Å². The van der Waals surface area contributed by atoms with Crippen LogP contribution in [0, 0.1) is 0 Å². The minimum atomic E-state index is -0.461. The molecule has 1 aromatic carbocycles. The third-order valence-corrected chi connectivity index (χ3v) is 5.42. The Morgan fingerprint density at radius 2 is 1.82 bits per heavy atom. The van der Waals surface area contributed by atoms with E-state index in [1.165, 1.54) is 5.56 Å². The van der Waals surface area contributed by atoms with E-state index in [1.54, 1.807) is 12.3 Å². The number of nitrogens with one attached hydrogen (secondary N) is 1. The Kier molecular flexibility index (Phi) is 5.88. The summed E-state index contributed by atoms with van der Waals surface area (Å²) in [5, 5.41) is 3.37. The number of nitrogens with zero attached hydrogens (tertiary/aromatic N) is 2. The highest BCUT2D eigenvalue weighted by Crippen LogP contribution is 2.31. The number of hydrogen-bond donors (Lipinski definition) is 1. The van der Waals surface area contributed by atoms with E-state index in [1.807, 2.05) is 17.0 Å². The van der Waals surface area contributed by atoms with Crippen LogP contribution < -0.4 is 5.32 Å². The molecule has 3 heterocycles. The molecule has 1 amide bonds. The number of piperidine rings is 1. The number of likely N-dealkylation sites (tertiary alicyclic amines) is 1. The Morgan fingerprint density at radius 1 is 1.07 bits per heavy atom. The van der Waals surface area contributed by atoms with E-state index < -0.39 is 5.79 Å². The highest BCUT2D eigenvalue weighted by molar-refractivity contribution is 5.92. The molecular formula is C22H27N3O3. The number of aromatic nitrogens is 1. The summed E-state index contributed by atoms with van der Waals surface area (Å²) < 4.78 is 11.4. The van der Waals surface area contributed by atoms with Crippen LogP contribution in [0.3, 0.4) is 0 Å². The predicted octanol–water partition coefficient (Wildman–Crippen LogP) is 3.11. The summed E-state index contributed by atoms with van der Waals surface area (Å²) in [7, 11) is 0. The normalized spacial score (nSPS) is 18.4. The fraction of sp³-hybridized carbons (Fsp3) is 0.455. The monoisotopic (exact) mass is 381 g/mol. The zero-order valence-corrected chi connectivity index (χ0v) is 16.1. The number of carbonyl (C=O) groups is 1. The van der Waals surface area contributed by atoms with Gasteiger partial charge in [-0.3, -0.25) is 4.79 Å². The number of hydrogen-bond acceptors (Lipinski definition) is 5. The van der Waals surface area contributed by atoms with Crippen LogP contribution in [0.25, 0.3) is 0 Å². The van der Waals surface area contributed by atoms with Crippen molar-refractivity contribution in [1.82, 2.24) is 9.88 Å². The lowest BCUT2D eigenvalue weighted by Crippen LogP contribution is -2.47. The average Bonchev–Trinajstić information content (AvgIpc) is 3.20. The number of amides is 1. The lowest BCUT2D eigenvalue weighted by atomic mass is 10.0. The molecule has 2 fully saturated rings. The zero-order chi connectivity index (χ0) is 19.2. The van der Waals surface area contributed by atoms with Crippen LogP contribution in [0.15, 0.2) is 48.7 Å². The fourth-order valence-electron chi connectivity index (χ4n) is 3.79. The number of benzene rings is 1. The van der Waals surface area contributed by atoms with Gasteiger partial charge in [0.1, 0.15) is 5.69 Å². The number of anilines is 1. The Bertz CT molecular complexity index is 763. The fourth-order valence-corrected chi connectivity index (χ4v) is 3.79. The van der Waals surface area contributed by atoms with Gasteiger partial charge < -0.3 is 19.7 Å². The average molecular weight is 381 g/mol. The van der Waals surface area contributed by atoms with Crippen molar-refractivity contribution in [1.29, 1.82) is 0 Å². The van der Waals surface area contributed by atoms with Gasteiger partial charge in [0.25, 0.3) is 5.91 Å². The van der Waals surface area contributed by atoms with Crippen molar-refractivity contribution in [2.75, 3.05) is 38.2 Å². The zero-order valence-electron chi connectivity index (χ0n) is 16.1. The van der Waals surface area contributed by atoms with Gasteiger partial charge in [0.15, 0.2) is 5.79 Å². The molecule has 2 aliphatic heterocycles. The van der Waals surface area contributed by atoms with Crippen molar-refractivity contribution in [3.05, 3.63) is 59.9 Å². The van der Waals surface area contributed by atoms with E-state index in [0.717, 1.165) is 37.9 Å².